The highest BCUT2D eigenvalue weighted by Gasteiger charge is 2.31. The van der Waals surface area contributed by atoms with E-state index in [9.17, 15) is 0 Å². The third-order valence-electron chi connectivity index (χ3n) is 3.09. The van der Waals surface area contributed by atoms with Crippen LogP contribution in [0.1, 0.15) is 47.5 Å². The topological polar surface area (TPSA) is 12.5 Å². The molecule has 2 heteroatoms. The predicted molar refractivity (Wildman–Crippen MR) is 60.6 cm³/mol. The molecule has 1 aliphatic heterocycles. The van der Waals surface area contributed by atoms with Crippen molar-refractivity contribution in [1.29, 1.82) is 0 Å². The second-order valence-corrected chi connectivity index (χ2v) is 5.27. The smallest absolute Gasteiger partial charge is 0.0704 e. The highest BCUT2D eigenvalue weighted by molar-refractivity contribution is 4.84. The zero-order valence-electron chi connectivity index (χ0n) is 10.3. The lowest BCUT2D eigenvalue weighted by molar-refractivity contribution is -0.109. The molecule has 0 amide bonds. The van der Waals surface area contributed by atoms with E-state index in [0.717, 1.165) is 25.9 Å². The molecule has 0 aromatic carbocycles. The maximum atomic E-state index is 5.97. The summed E-state index contributed by atoms with van der Waals surface area (Å²) in [5, 5.41) is 0. The van der Waals surface area contributed by atoms with Gasteiger partial charge in [0.05, 0.1) is 12.2 Å². The summed E-state index contributed by atoms with van der Waals surface area (Å²) in [5.74, 6) is 0. The molecule has 0 radical (unpaired) electrons. The number of morpholine rings is 1. The molecule has 0 N–H and O–H groups in total. The minimum absolute atomic E-state index is 0.282. The average molecular weight is 199 g/mol. The second kappa shape index (κ2) is 4.63. The largest absolute Gasteiger partial charge is 0.372 e. The van der Waals surface area contributed by atoms with Crippen molar-refractivity contribution in [1.82, 2.24) is 4.90 Å². The minimum Gasteiger partial charge on any atom is -0.372 e. The molecular formula is C12H25NO. The van der Waals surface area contributed by atoms with E-state index in [4.69, 9.17) is 4.74 Å². The first kappa shape index (κ1) is 12.0. The van der Waals surface area contributed by atoms with E-state index in [2.05, 4.69) is 39.5 Å². The van der Waals surface area contributed by atoms with Gasteiger partial charge in [-0.05, 0) is 33.6 Å². The van der Waals surface area contributed by atoms with E-state index in [0.29, 0.717) is 12.2 Å². The van der Waals surface area contributed by atoms with E-state index < -0.39 is 0 Å². The van der Waals surface area contributed by atoms with Gasteiger partial charge in [-0.25, -0.2) is 0 Å². The standard InChI is InChI=1S/C12H25NO/c1-6-10-8-13(12(3,4)5)9-11(7-2)14-10/h10-11H,6-9H2,1-5H3/t10-,11+. The summed E-state index contributed by atoms with van der Waals surface area (Å²) in [7, 11) is 0. The normalized spacial score (nSPS) is 30.6. The van der Waals surface area contributed by atoms with Gasteiger partial charge in [0.1, 0.15) is 0 Å². The molecule has 0 aromatic rings. The Labute approximate surface area is 88.6 Å². The van der Waals surface area contributed by atoms with Gasteiger partial charge in [-0.15, -0.1) is 0 Å². The van der Waals surface area contributed by atoms with Crippen molar-refractivity contribution in [3.05, 3.63) is 0 Å². The van der Waals surface area contributed by atoms with E-state index in [1.54, 1.807) is 0 Å². The Morgan fingerprint density at radius 3 is 1.79 bits per heavy atom. The second-order valence-electron chi connectivity index (χ2n) is 5.27. The van der Waals surface area contributed by atoms with Crippen molar-refractivity contribution in [3.63, 3.8) is 0 Å². The van der Waals surface area contributed by atoms with Crippen LogP contribution in [0, 0.1) is 0 Å². The molecule has 0 spiro atoms. The summed E-state index contributed by atoms with van der Waals surface area (Å²) in [6.45, 7) is 13.5. The van der Waals surface area contributed by atoms with E-state index >= 15 is 0 Å². The maximum absolute atomic E-state index is 5.97. The predicted octanol–water partition coefficient (Wildman–Crippen LogP) is 2.67. The fourth-order valence-corrected chi connectivity index (χ4v) is 1.92. The molecule has 1 aliphatic rings. The summed E-state index contributed by atoms with van der Waals surface area (Å²) in [4.78, 5) is 2.55. The van der Waals surface area contributed by atoms with E-state index in [-0.39, 0.29) is 5.54 Å². The highest BCUT2D eigenvalue weighted by Crippen LogP contribution is 2.22. The number of ether oxygens (including phenoxy) is 1. The van der Waals surface area contributed by atoms with Crippen LogP contribution in [0.5, 0.6) is 0 Å². The van der Waals surface area contributed by atoms with Gasteiger partial charge < -0.3 is 4.74 Å². The first-order valence-corrected chi connectivity index (χ1v) is 5.87. The SMILES string of the molecule is CC[C@@H]1CN(C(C)(C)C)C[C@H](CC)O1. The molecule has 0 aliphatic carbocycles. The van der Waals surface area contributed by atoms with Crippen LogP contribution < -0.4 is 0 Å². The molecule has 1 saturated heterocycles. The van der Waals surface area contributed by atoms with Crippen LogP contribution in [0.2, 0.25) is 0 Å². The molecule has 2 nitrogen and oxygen atoms in total. The number of hydrogen-bond acceptors (Lipinski definition) is 2. The summed E-state index contributed by atoms with van der Waals surface area (Å²) in [6.07, 6.45) is 3.13. The lowest BCUT2D eigenvalue weighted by atomic mass is 10.0. The van der Waals surface area contributed by atoms with Crippen molar-refractivity contribution < 1.29 is 4.74 Å². The van der Waals surface area contributed by atoms with Crippen LogP contribution in [0.4, 0.5) is 0 Å². The zero-order chi connectivity index (χ0) is 10.8. The van der Waals surface area contributed by atoms with Crippen molar-refractivity contribution >= 4 is 0 Å². The van der Waals surface area contributed by atoms with Crippen LogP contribution in [-0.2, 0) is 4.74 Å². The van der Waals surface area contributed by atoms with Crippen LogP contribution in [0.25, 0.3) is 0 Å². The molecule has 84 valence electrons. The molecule has 1 rings (SSSR count). The van der Waals surface area contributed by atoms with Crippen molar-refractivity contribution in [2.75, 3.05) is 13.1 Å². The van der Waals surface area contributed by atoms with E-state index in [1.165, 1.54) is 0 Å². The molecule has 0 unspecified atom stereocenters. The zero-order valence-corrected chi connectivity index (χ0v) is 10.3. The average Bonchev–Trinajstić information content (AvgIpc) is 2.15. The van der Waals surface area contributed by atoms with Crippen molar-refractivity contribution in [2.45, 2.75) is 65.2 Å². The first-order chi connectivity index (χ1) is 6.47. The summed E-state index contributed by atoms with van der Waals surface area (Å²) >= 11 is 0. The monoisotopic (exact) mass is 199 g/mol. The van der Waals surface area contributed by atoms with Gasteiger partial charge in [0, 0.05) is 18.6 Å². The van der Waals surface area contributed by atoms with Crippen LogP contribution in [-0.4, -0.2) is 35.7 Å². The van der Waals surface area contributed by atoms with E-state index in [1.807, 2.05) is 0 Å². The third kappa shape index (κ3) is 2.96. The fraction of sp³-hybridized carbons (Fsp3) is 1.00. The Hall–Kier alpha value is -0.0800. The van der Waals surface area contributed by atoms with Gasteiger partial charge in [-0.1, -0.05) is 13.8 Å². The third-order valence-corrected chi connectivity index (χ3v) is 3.09. The van der Waals surface area contributed by atoms with Gasteiger partial charge in [0.25, 0.3) is 0 Å². The highest BCUT2D eigenvalue weighted by atomic mass is 16.5. The van der Waals surface area contributed by atoms with Crippen LogP contribution in [0.15, 0.2) is 0 Å². The Kier molecular flexibility index (Phi) is 3.96. The first-order valence-electron chi connectivity index (χ1n) is 5.87. The number of hydrogen-bond donors (Lipinski definition) is 0. The molecule has 0 aromatic heterocycles. The molecule has 0 saturated carbocycles. The number of rotatable bonds is 2. The molecule has 2 atom stereocenters. The van der Waals surface area contributed by atoms with Gasteiger partial charge in [0.2, 0.25) is 0 Å². The van der Waals surface area contributed by atoms with Gasteiger partial charge in [-0.2, -0.15) is 0 Å². The molecule has 1 heterocycles. The summed E-state index contributed by atoms with van der Waals surface area (Å²) in [6, 6.07) is 0. The van der Waals surface area contributed by atoms with Gasteiger partial charge in [-0.3, -0.25) is 4.90 Å². The van der Waals surface area contributed by atoms with Crippen molar-refractivity contribution in [3.8, 4) is 0 Å². The molecule has 0 bridgehead atoms. The Balaban J connectivity index is 2.60. The maximum Gasteiger partial charge on any atom is 0.0704 e. The minimum atomic E-state index is 0.282. The lowest BCUT2D eigenvalue weighted by Gasteiger charge is -2.44. The molecule has 1 fully saturated rings. The quantitative estimate of drug-likeness (QED) is 0.678. The van der Waals surface area contributed by atoms with Gasteiger partial charge >= 0.3 is 0 Å². The number of nitrogens with zero attached hydrogens (tertiary/aromatic N) is 1. The van der Waals surface area contributed by atoms with Gasteiger partial charge in [0.15, 0.2) is 0 Å². The van der Waals surface area contributed by atoms with Crippen LogP contribution in [0.3, 0.4) is 0 Å². The molecular weight excluding hydrogens is 174 g/mol. The Morgan fingerprint density at radius 2 is 1.50 bits per heavy atom. The lowest BCUT2D eigenvalue weighted by Crippen LogP contribution is -2.54. The molecule has 14 heavy (non-hydrogen) atoms. The Morgan fingerprint density at radius 1 is 1.07 bits per heavy atom. The Bertz CT molecular complexity index is 162. The fourth-order valence-electron chi connectivity index (χ4n) is 1.92. The van der Waals surface area contributed by atoms with Crippen molar-refractivity contribution in [2.24, 2.45) is 0 Å². The van der Waals surface area contributed by atoms with Crippen LogP contribution >= 0.6 is 0 Å². The summed E-state index contributed by atoms with van der Waals surface area (Å²) in [5.41, 5.74) is 0.282. The summed E-state index contributed by atoms with van der Waals surface area (Å²) < 4.78 is 5.97.